The number of methoxy groups -OCH3 is 1. The van der Waals surface area contributed by atoms with E-state index in [0.717, 1.165) is 10.7 Å². The zero-order chi connectivity index (χ0) is 10.1. The molecular weight excluding hydrogens is 202 g/mol. The molecule has 2 rings (SSSR count). The topological polar surface area (TPSA) is 67.9 Å². The molecule has 1 amide bonds. The average Bonchev–Trinajstić information content (AvgIpc) is 2.64. The lowest BCUT2D eigenvalue weighted by Gasteiger charge is -2.26. The number of nitrogens with zero attached hydrogens (tertiary/aromatic N) is 2. The van der Waals surface area contributed by atoms with Crippen molar-refractivity contribution < 1.29 is 9.53 Å². The molecule has 2 N–H and O–H groups in total. The van der Waals surface area contributed by atoms with Gasteiger partial charge in [-0.1, -0.05) is 0 Å². The van der Waals surface area contributed by atoms with Gasteiger partial charge in [-0.05, 0) is 11.4 Å². The maximum atomic E-state index is 11.4. The van der Waals surface area contributed by atoms with Gasteiger partial charge in [-0.15, -0.1) is 11.3 Å². The van der Waals surface area contributed by atoms with Crippen LogP contribution < -0.4 is 10.6 Å². The molecule has 14 heavy (non-hydrogen) atoms. The van der Waals surface area contributed by atoms with Gasteiger partial charge in [0.05, 0.1) is 12.8 Å². The Kier molecular flexibility index (Phi) is 2.22. The van der Waals surface area contributed by atoms with E-state index in [1.807, 2.05) is 11.4 Å². The second kappa shape index (κ2) is 3.39. The van der Waals surface area contributed by atoms with Crippen molar-refractivity contribution in [1.29, 1.82) is 0 Å². The highest BCUT2D eigenvalue weighted by Gasteiger charge is 2.28. The van der Waals surface area contributed by atoms with Crippen LogP contribution in [0.3, 0.4) is 0 Å². The fourth-order valence-electron chi connectivity index (χ4n) is 1.23. The Hall–Kier alpha value is -1.40. The fourth-order valence-corrected chi connectivity index (χ4v) is 2.11. The predicted molar refractivity (Wildman–Crippen MR) is 55.3 cm³/mol. The van der Waals surface area contributed by atoms with E-state index in [2.05, 4.69) is 9.73 Å². The van der Waals surface area contributed by atoms with Crippen molar-refractivity contribution in [2.75, 3.05) is 12.0 Å². The molecule has 1 aliphatic rings. The Labute approximate surface area is 84.8 Å². The van der Waals surface area contributed by atoms with E-state index >= 15 is 0 Å². The fraction of sp³-hybridized carbons (Fsp3) is 0.250. The highest BCUT2D eigenvalue weighted by molar-refractivity contribution is 7.15. The normalized spacial score (nSPS) is 19.3. The summed E-state index contributed by atoms with van der Waals surface area (Å²) in [7, 11) is 1.33. The maximum Gasteiger partial charge on any atom is 0.416 e. The van der Waals surface area contributed by atoms with Crippen LogP contribution in [0.25, 0.3) is 0 Å². The van der Waals surface area contributed by atoms with E-state index in [1.165, 1.54) is 29.6 Å². The Morgan fingerprint density at radius 3 is 3.29 bits per heavy atom. The summed E-state index contributed by atoms with van der Waals surface area (Å²) in [5, 5.41) is 2.59. The molecule has 74 valence electrons. The van der Waals surface area contributed by atoms with Crippen molar-refractivity contribution in [3.8, 4) is 0 Å². The molecule has 0 aromatic carbocycles. The second-order valence-electron chi connectivity index (χ2n) is 2.72. The molecule has 1 aromatic heterocycles. The Balaban J connectivity index is 2.42. The number of carbonyl (C=O) groups is 1. The first-order valence-electron chi connectivity index (χ1n) is 3.98. The number of anilines is 1. The molecule has 0 aliphatic carbocycles. The zero-order valence-corrected chi connectivity index (χ0v) is 8.32. The number of fused-ring (bicyclic) bond motifs is 1. The van der Waals surface area contributed by atoms with Crippen LogP contribution in [0, 0.1) is 0 Å². The van der Waals surface area contributed by atoms with Crippen LogP contribution in [-0.4, -0.2) is 25.6 Å². The smallest absolute Gasteiger partial charge is 0.416 e. The van der Waals surface area contributed by atoms with E-state index in [9.17, 15) is 4.79 Å². The minimum Gasteiger partial charge on any atom is -0.452 e. The van der Waals surface area contributed by atoms with E-state index in [1.54, 1.807) is 0 Å². The molecule has 6 heteroatoms. The van der Waals surface area contributed by atoms with Gasteiger partial charge < -0.3 is 10.5 Å². The summed E-state index contributed by atoms with van der Waals surface area (Å²) in [5.74, 6) is 0. The summed E-state index contributed by atoms with van der Waals surface area (Å²) in [5.41, 5.74) is 6.46. The molecule has 1 aliphatic heterocycles. The number of nitrogens with two attached hydrogens (primary N) is 1. The first-order chi connectivity index (χ1) is 6.74. The lowest BCUT2D eigenvalue weighted by atomic mass is 10.3. The third-order valence-corrected chi connectivity index (χ3v) is 2.78. The van der Waals surface area contributed by atoms with Gasteiger partial charge in [-0.3, -0.25) is 4.99 Å². The molecule has 0 fully saturated rings. The van der Waals surface area contributed by atoms with Crippen molar-refractivity contribution in [2.24, 2.45) is 10.7 Å². The summed E-state index contributed by atoms with van der Waals surface area (Å²) in [4.78, 5) is 16.9. The molecule has 2 heterocycles. The monoisotopic (exact) mass is 211 g/mol. The van der Waals surface area contributed by atoms with Gasteiger partial charge in [-0.2, -0.15) is 0 Å². The van der Waals surface area contributed by atoms with Gasteiger partial charge in [0, 0.05) is 6.21 Å². The van der Waals surface area contributed by atoms with Gasteiger partial charge in [-0.25, -0.2) is 9.69 Å². The minimum absolute atomic E-state index is 0.465. The van der Waals surface area contributed by atoms with Crippen molar-refractivity contribution in [3.63, 3.8) is 0 Å². The van der Waals surface area contributed by atoms with E-state index in [0.29, 0.717) is 0 Å². The van der Waals surface area contributed by atoms with Gasteiger partial charge in [0.2, 0.25) is 0 Å². The molecule has 0 radical (unpaired) electrons. The number of carbonyl (C=O) groups excluding carboxylic acids is 1. The molecule has 1 aromatic rings. The molecule has 0 spiro atoms. The highest BCUT2D eigenvalue weighted by Crippen LogP contribution is 2.37. The summed E-state index contributed by atoms with van der Waals surface area (Å²) < 4.78 is 4.64. The van der Waals surface area contributed by atoms with E-state index < -0.39 is 12.3 Å². The first kappa shape index (κ1) is 9.17. The zero-order valence-electron chi connectivity index (χ0n) is 7.51. The number of hydrogen-bond acceptors (Lipinski definition) is 5. The van der Waals surface area contributed by atoms with Crippen LogP contribution in [0.15, 0.2) is 16.4 Å². The quantitative estimate of drug-likeness (QED) is 0.703. The SMILES string of the molecule is COC(=O)N1c2sccc2N=C[C@H]1N. The van der Waals surface area contributed by atoms with Crippen molar-refractivity contribution in [3.05, 3.63) is 11.4 Å². The molecule has 5 nitrogen and oxygen atoms in total. The van der Waals surface area contributed by atoms with Crippen molar-refractivity contribution in [1.82, 2.24) is 0 Å². The first-order valence-corrected chi connectivity index (χ1v) is 4.86. The van der Waals surface area contributed by atoms with Crippen molar-refractivity contribution in [2.45, 2.75) is 6.17 Å². The van der Waals surface area contributed by atoms with E-state index in [4.69, 9.17) is 5.73 Å². The second-order valence-corrected chi connectivity index (χ2v) is 3.61. The standard InChI is InChI=1S/C8H9N3O2S/c1-13-8(12)11-6(9)4-10-5-2-3-14-7(5)11/h2-4,6H,9H2,1H3/t6-/m0/s1. The van der Waals surface area contributed by atoms with Crippen LogP contribution in [0.5, 0.6) is 0 Å². The van der Waals surface area contributed by atoms with Crippen LogP contribution in [0.1, 0.15) is 0 Å². The Bertz CT molecular complexity index is 388. The molecule has 0 bridgehead atoms. The molecule has 1 atom stereocenters. The van der Waals surface area contributed by atoms with Crippen LogP contribution in [-0.2, 0) is 4.74 Å². The van der Waals surface area contributed by atoms with Gasteiger partial charge >= 0.3 is 6.09 Å². The molecule has 0 saturated carbocycles. The molecular formula is C8H9N3O2S. The lowest BCUT2D eigenvalue weighted by molar-refractivity contribution is 0.178. The molecule has 0 unspecified atom stereocenters. The number of thiophene rings is 1. The Morgan fingerprint density at radius 2 is 2.57 bits per heavy atom. The third kappa shape index (κ3) is 1.28. The number of ether oxygens (including phenoxy) is 1. The summed E-state index contributed by atoms with van der Waals surface area (Å²) in [6, 6.07) is 1.83. The van der Waals surface area contributed by atoms with Gasteiger partial charge in [0.15, 0.2) is 0 Å². The van der Waals surface area contributed by atoms with Crippen LogP contribution >= 0.6 is 11.3 Å². The largest absolute Gasteiger partial charge is 0.452 e. The number of aliphatic imine (C=N–C) groups is 1. The van der Waals surface area contributed by atoms with Crippen LogP contribution in [0.2, 0.25) is 0 Å². The third-order valence-electron chi connectivity index (χ3n) is 1.88. The average molecular weight is 211 g/mol. The number of rotatable bonds is 0. The van der Waals surface area contributed by atoms with Gasteiger partial charge in [0.25, 0.3) is 0 Å². The lowest BCUT2D eigenvalue weighted by Crippen LogP contribution is -2.48. The molecule has 0 saturated heterocycles. The number of hydrogen-bond donors (Lipinski definition) is 1. The Morgan fingerprint density at radius 1 is 1.79 bits per heavy atom. The minimum atomic E-state index is -0.548. The summed E-state index contributed by atoms with van der Waals surface area (Å²) >= 11 is 1.41. The summed E-state index contributed by atoms with van der Waals surface area (Å²) in [6.07, 6.45) is 0.507. The highest BCUT2D eigenvalue weighted by atomic mass is 32.1. The van der Waals surface area contributed by atoms with E-state index in [-0.39, 0.29) is 0 Å². The number of amides is 1. The predicted octanol–water partition coefficient (Wildman–Crippen LogP) is 1.32. The van der Waals surface area contributed by atoms with Crippen LogP contribution in [0.4, 0.5) is 15.5 Å². The maximum absolute atomic E-state index is 11.4. The summed E-state index contributed by atoms with van der Waals surface area (Å²) in [6.45, 7) is 0. The van der Waals surface area contributed by atoms with Gasteiger partial charge in [0.1, 0.15) is 11.2 Å². The van der Waals surface area contributed by atoms with Crippen molar-refractivity contribution >= 4 is 34.3 Å².